The molecular weight excluding hydrogens is 322 g/mol. The highest BCUT2D eigenvalue weighted by Gasteiger charge is 2.25. The first-order valence-electron chi connectivity index (χ1n) is 6.88. The Hall–Kier alpha value is -2.19. The molecule has 8 heteroatoms. The van der Waals surface area contributed by atoms with E-state index in [9.17, 15) is 18.0 Å². The maximum absolute atomic E-state index is 12.2. The van der Waals surface area contributed by atoms with E-state index in [0.29, 0.717) is 5.56 Å². The highest BCUT2D eigenvalue weighted by atomic mass is 32.2. The molecule has 0 amide bonds. The maximum Gasteiger partial charge on any atom is 0.328 e. The maximum atomic E-state index is 12.2. The van der Waals surface area contributed by atoms with Gasteiger partial charge in [0, 0.05) is 6.08 Å². The van der Waals surface area contributed by atoms with Gasteiger partial charge in [0.25, 0.3) is 0 Å². The first-order chi connectivity index (χ1) is 10.6. The van der Waals surface area contributed by atoms with Crippen molar-refractivity contribution in [2.45, 2.75) is 31.2 Å². The van der Waals surface area contributed by atoms with Crippen LogP contribution in [0.4, 0.5) is 0 Å². The van der Waals surface area contributed by atoms with Crippen molar-refractivity contribution in [3.05, 3.63) is 35.9 Å². The highest BCUT2D eigenvalue weighted by molar-refractivity contribution is 7.89. The van der Waals surface area contributed by atoms with Gasteiger partial charge in [-0.05, 0) is 36.1 Å². The number of sulfonamides is 1. The minimum Gasteiger partial charge on any atom is -0.480 e. The molecule has 0 fully saturated rings. The van der Waals surface area contributed by atoms with E-state index >= 15 is 0 Å². The number of hydrogen-bond acceptors (Lipinski definition) is 4. The standard InChI is InChI=1S/C15H19NO6S/c1-10(2)9-13(15(19)20)16-23(21,22)12-6-3-11(4-7-12)5-8-14(17)18/h3-8,10,13,16H,9H2,1-2H3,(H,17,18)(H,19,20)/b8-5+/t13-/m1/s1. The molecule has 1 aromatic rings. The van der Waals surface area contributed by atoms with Crippen LogP contribution in [0, 0.1) is 5.92 Å². The molecule has 23 heavy (non-hydrogen) atoms. The van der Waals surface area contributed by atoms with Crippen LogP contribution in [-0.2, 0) is 19.6 Å². The third kappa shape index (κ3) is 6.21. The summed E-state index contributed by atoms with van der Waals surface area (Å²) in [4.78, 5) is 21.5. The summed E-state index contributed by atoms with van der Waals surface area (Å²) in [5, 5.41) is 17.6. The summed E-state index contributed by atoms with van der Waals surface area (Å²) >= 11 is 0. The van der Waals surface area contributed by atoms with Crippen molar-refractivity contribution >= 4 is 28.0 Å². The van der Waals surface area contributed by atoms with Crippen LogP contribution in [0.3, 0.4) is 0 Å². The van der Waals surface area contributed by atoms with E-state index in [1.807, 2.05) is 0 Å². The first kappa shape index (κ1) is 18.9. The zero-order valence-corrected chi connectivity index (χ0v) is 13.6. The number of carbonyl (C=O) groups is 2. The number of carboxylic acids is 2. The summed E-state index contributed by atoms with van der Waals surface area (Å²) < 4.78 is 26.6. The minimum atomic E-state index is -3.97. The lowest BCUT2D eigenvalue weighted by molar-refractivity contribution is -0.139. The Morgan fingerprint density at radius 2 is 1.74 bits per heavy atom. The van der Waals surface area contributed by atoms with Gasteiger partial charge in [-0.2, -0.15) is 4.72 Å². The lowest BCUT2D eigenvalue weighted by Crippen LogP contribution is -2.41. The largest absolute Gasteiger partial charge is 0.480 e. The molecule has 0 aliphatic heterocycles. The van der Waals surface area contributed by atoms with Gasteiger partial charge in [0.1, 0.15) is 6.04 Å². The molecule has 0 radical (unpaired) electrons. The van der Waals surface area contributed by atoms with E-state index < -0.39 is 28.0 Å². The zero-order chi connectivity index (χ0) is 17.6. The molecule has 1 aromatic carbocycles. The monoisotopic (exact) mass is 341 g/mol. The van der Waals surface area contributed by atoms with Crippen molar-refractivity contribution in [3.63, 3.8) is 0 Å². The van der Waals surface area contributed by atoms with Gasteiger partial charge in [-0.25, -0.2) is 13.2 Å². The van der Waals surface area contributed by atoms with Crippen LogP contribution in [0.5, 0.6) is 0 Å². The molecule has 7 nitrogen and oxygen atoms in total. The summed E-state index contributed by atoms with van der Waals surface area (Å²) in [6, 6.07) is 4.25. The molecule has 0 aromatic heterocycles. The molecule has 1 atom stereocenters. The summed E-state index contributed by atoms with van der Waals surface area (Å²) in [5.41, 5.74) is 0.517. The fourth-order valence-corrected chi connectivity index (χ4v) is 3.05. The van der Waals surface area contributed by atoms with Crippen LogP contribution < -0.4 is 4.72 Å². The van der Waals surface area contributed by atoms with Crippen molar-refractivity contribution in [2.24, 2.45) is 5.92 Å². The fourth-order valence-electron chi connectivity index (χ4n) is 1.85. The molecule has 0 unspecified atom stereocenters. The van der Waals surface area contributed by atoms with Crippen LogP contribution in [-0.4, -0.2) is 36.6 Å². The quantitative estimate of drug-likeness (QED) is 0.617. The minimum absolute atomic E-state index is 0.0160. The van der Waals surface area contributed by atoms with Gasteiger partial charge in [0.15, 0.2) is 0 Å². The average molecular weight is 341 g/mol. The second kappa shape index (κ2) is 7.89. The Labute approximate surface area is 134 Å². The van der Waals surface area contributed by atoms with Crippen molar-refractivity contribution in [3.8, 4) is 0 Å². The first-order valence-corrected chi connectivity index (χ1v) is 8.36. The second-order valence-corrected chi connectivity index (χ2v) is 7.10. The Balaban J connectivity index is 2.95. The Kier molecular flexibility index (Phi) is 6.47. The van der Waals surface area contributed by atoms with Gasteiger partial charge in [0.05, 0.1) is 4.90 Å². The van der Waals surface area contributed by atoms with Crippen molar-refractivity contribution < 1.29 is 28.2 Å². The van der Waals surface area contributed by atoms with Crippen LogP contribution in [0.1, 0.15) is 25.8 Å². The molecule has 126 valence electrons. The van der Waals surface area contributed by atoms with Crippen LogP contribution >= 0.6 is 0 Å². The van der Waals surface area contributed by atoms with Gasteiger partial charge in [-0.1, -0.05) is 26.0 Å². The van der Waals surface area contributed by atoms with Crippen molar-refractivity contribution in [1.82, 2.24) is 4.72 Å². The number of aliphatic carboxylic acids is 2. The molecule has 0 saturated carbocycles. The van der Waals surface area contributed by atoms with Crippen LogP contribution in [0.2, 0.25) is 0 Å². The molecular formula is C15H19NO6S. The van der Waals surface area contributed by atoms with Crippen LogP contribution in [0.15, 0.2) is 35.2 Å². The number of hydrogen-bond donors (Lipinski definition) is 3. The lowest BCUT2D eigenvalue weighted by atomic mass is 10.1. The van der Waals surface area contributed by atoms with Gasteiger partial charge in [0.2, 0.25) is 10.0 Å². The summed E-state index contributed by atoms with van der Waals surface area (Å²) in [7, 11) is -3.97. The topological polar surface area (TPSA) is 121 Å². The Bertz CT molecular complexity index is 691. The van der Waals surface area contributed by atoms with E-state index in [4.69, 9.17) is 10.2 Å². The fraction of sp³-hybridized carbons (Fsp3) is 0.333. The molecule has 3 N–H and O–H groups in total. The van der Waals surface area contributed by atoms with Gasteiger partial charge < -0.3 is 10.2 Å². The number of carboxylic acid groups (broad SMARTS) is 2. The van der Waals surface area contributed by atoms with E-state index in [1.165, 1.54) is 30.3 Å². The van der Waals surface area contributed by atoms with E-state index in [-0.39, 0.29) is 17.2 Å². The lowest BCUT2D eigenvalue weighted by Gasteiger charge is -2.16. The summed E-state index contributed by atoms with van der Waals surface area (Å²) in [6.45, 7) is 3.60. The molecule has 0 saturated heterocycles. The molecule has 0 heterocycles. The number of benzene rings is 1. The molecule has 0 aliphatic rings. The number of nitrogens with one attached hydrogen (secondary N) is 1. The van der Waals surface area contributed by atoms with E-state index in [0.717, 1.165) is 6.08 Å². The third-order valence-corrected chi connectivity index (χ3v) is 4.40. The van der Waals surface area contributed by atoms with Gasteiger partial charge in [-0.15, -0.1) is 0 Å². The summed E-state index contributed by atoms with van der Waals surface area (Å²) in [6.07, 6.45) is 2.43. The SMILES string of the molecule is CC(C)C[C@@H](NS(=O)(=O)c1ccc(/C=C/C(=O)O)cc1)C(=O)O. The third-order valence-electron chi connectivity index (χ3n) is 2.91. The van der Waals surface area contributed by atoms with Gasteiger partial charge >= 0.3 is 11.9 Å². The average Bonchev–Trinajstić information content (AvgIpc) is 2.44. The molecule has 1 rings (SSSR count). The zero-order valence-electron chi connectivity index (χ0n) is 12.8. The Morgan fingerprint density at radius 3 is 2.17 bits per heavy atom. The normalized spacial score (nSPS) is 13.3. The van der Waals surface area contributed by atoms with E-state index in [1.54, 1.807) is 13.8 Å². The second-order valence-electron chi connectivity index (χ2n) is 5.38. The van der Waals surface area contributed by atoms with Gasteiger partial charge in [-0.3, -0.25) is 4.79 Å². The smallest absolute Gasteiger partial charge is 0.328 e. The summed E-state index contributed by atoms with van der Waals surface area (Å²) in [5.74, 6) is -2.33. The predicted molar refractivity (Wildman–Crippen MR) is 84.3 cm³/mol. The number of rotatable bonds is 8. The van der Waals surface area contributed by atoms with Crippen molar-refractivity contribution in [1.29, 1.82) is 0 Å². The highest BCUT2D eigenvalue weighted by Crippen LogP contribution is 2.14. The molecule has 0 aliphatic carbocycles. The van der Waals surface area contributed by atoms with E-state index in [2.05, 4.69) is 4.72 Å². The van der Waals surface area contributed by atoms with Crippen LogP contribution in [0.25, 0.3) is 6.08 Å². The molecule has 0 spiro atoms. The molecule has 0 bridgehead atoms. The van der Waals surface area contributed by atoms with Crippen molar-refractivity contribution in [2.75, 3.05) is 0 Å². The Morgan fingerprint density at radius 1 is 1.17 bits per heavy atom. The predicted octanol–water partition coefficient (Wildman–Crippen LogP) is 1.56.